The number of anilines is 2. The normalized spacial score (nSPS) is 16.9. The summed E-state index contributed by atoms with van der Waals surface area (Å²) in [4.78, 5) is 23.7. The SMILES string of the molecule is O=C(O[C@@H]1CCOC1=O)c1ccccc1Nc1ccccc1. The lowest BCUT2D eigenvalue weighted by molar-refractivity contribution is -0.145. The Labute approximate surface area is 127 Å². The molecule has 22 heavy (non-hydrogen) atoms. The fraction of sp³-hybridized carbons (Fsp3) is 0.176. The van der Waals surface area contributed by atoms with Gasteiger partial charge in [-0.1, -0.05) is 30.3 Å². The average Bonchev–Trinajstić information content (AvgIpc) is 2.94. The molecule has 2 aromatic rings. The third-order valence-electron chi connectivity index (χ3n) is 3.34. The molecule has 0 spiro atoms. The van der Waals surface area contributed by atoms with Crippen LogP contribution in [0.5, 0.6) is 0 Å². The van der Waals surface area contributed by atoms with Gasteiger partial charge in [-0.2, -0.15) is 0 Å². The van der Waals surface area contributed by atoms with Gasteiger partial charge in [0.15, 0.2) is 0 Å². The highest BCUT2D eigenvalue weighted by Crippen LogP contribution is 2.23. The van der Waals surface area contributed by atoms with Crippen molar-refractivity contribution in [3.63, 3.8) is 0 Å². The Bertz CT molecular complexity index is 684. The van der Waals surface area contributed by atoms with Crippen molar-refractivity contribution in [1.82, 2.24) is 0 Å². The number of hydrogen-bond acceptors (Lipinski definition) is 5. The topological polar surface area (TPSA) is 64.6 Å². The molecule has 0 radical (unpaired) electrons. The molecular weight excluding hydrogens is 282 g/mol. The van der Waals surface area contributed by atoms with Crippen LogP contribution in [0.3, 0.4) is 0 Å². The number of esters is 2. The molecule has 1 aliphatic rings. The molecule has 0 aliphatic carbocycles. The minimum Gasteiger partial charge on any atom is -0.463 e. The van der Waals surface area contributed by atoms with Crippen molar-refractivity contribution in [2.75, 3.05) is 11.9 Å². The maximum Gasteiger partial charge on any atom is 0.347 e. The first kappa shape index (κ1) is 14.1. The third kappa shape index (κ3) is 3.09. The summed E-state index contributed by atoms with van der Waals surface area (Å²) in [6, 6.07) is 16.5. The number of benzene rings is 2. The molecule has 1 heterocycles. The number of rotatable bonds is 4. The van der Waals surface area contributed by atoms with Crippen molar-refractivity contribution < 1.29 is 19.1 Å². The zero-order valence-electron chi connectivity index (χ0n) is 11.8. The molecule has 0 bridgehead atoms. The maximum absolute atomic E-state index is 12.3. The summed E-state index contributed by atoms with van der Waals surface area (Å²) in [6.07, 6.45) is -0.406. The van der Waals surface area contributed by atoms with Gasteiger partial charge in [-0.3, -0.25) is 0 Å². The fourth-order valence-corrected chi connectivity index (χ4v) is 2.22. The van der Waals surface area contributed by atoms with E-state index in [1.807, 2.05) is 36.4 Å². The molecule has 1 aliphatic heterocycles. The van der Waals surface area contributed by atoms with Gasteiger partial charge in [0.2, 0.25) is 6.10 Å². The fourth-order valence-electron chi connectivity index (χ4n) is 2.22. The lowest BCUT2D eigenvalue weighted by Gasteiger charge is -2.13. The van der Waals surface area contributed by atoms with E-state index in [2.05, 4.69) is 5.32 Å². The number of hydrogen-bond donors (Lipinski definition) is 1. The van der Waals surface area contributed by atoms with Crippen molar-refractivity contribution in [1.29, 1.82) is 0 Å². The number of nitrogens with one attached hydrogen (secondary N) is 1. The molecule has 0 saturated carbocycles. The quantitative estimate of drug-likeness (QED) is 0.879. The van der Waals surface area contributed by atoms with E-state index in [1.54, 1.807) is 18.2 Å². The van der Waals surface area contributed by atoms with E-state index in [0.29, 0.717) is 24.3 Å². The Balaban J connectivity index is 1.78. The maximum atomic E-state index is 12.3. The highest BCUT2D eigenvalue weighted by molar-refractivity contribution is 5.97. The first-order valence-corrected chi connectivity index (χ1v) is 7.03. The molecule has 1 N–H and O–H groups in total. The van der Waals surface area contributed by atoms with Gasteiger partial charge in [0.1, 0.15) is 0 Å². The number of carbonyl (C=O) groups excluding carboxylic acids is 2. The molecule has 0 aromatic heterocycles. The lowest BCUT2D eigenvalue weighted by atomic mass is 10.1. The number of para-hydroxylation sites is 2. The van der Waals surface area contributed by atoms with Gasteiger partial charge >= 0.3 is 11.9 Å². The number of cyclic esters (lactones) is 1. The first-order valence-electron chi connectivity index (χ1n) is 7.03. The predicted molar refractivity (Wildman–Crippen MR) is 80.9 cm³/mol. The van der Waals surface area contributed by atoms with Crippen molar-refractivity contribution >= 4 is 23.3 Å². The molecule has 0 unspecified atom stereocenters. The summed E-state index contributed by atoms with van der Waals surface area (Å²) in [5, 5.41) is 3.17. The van der Waals surface area contributed by atoms with E-state index in [9.17, 15) is 9.59 Å². The molecule has 1 atom stereocenters. The summed E-state index contributed by atoms with van der Waals surface area (Å²) >= 11 is 0. The van der Waals surface area contributed by atoms with Crippen LogP contribution in [0.15, 0.2) is 54.6 Å². The van der Waals surface area contributed by atoms with Gasteiger partial charge in [-0.15, -0.1) is 0 Å². The molecule has 2 aromatic carbocycles. The van der Waals surface area contributed by atoms with E-state index in [1.165, 1.54) is 0 Å². The minimum atomic E-state index is -0.808. The molecular formula is C17H15NO4. The van der Waals surface area contributed by atoms with Crippen LogP contribution in [0.1, 0.15) is 16.8 Å². The molecule has 112 valence electrons. The summed E-state index contributed by atoms with van der Waals surface area (Å²) in [5.74, 6) is -1.02. The molecule has 5 heteroatoms. The van der Waals surface area contributed by atoms with E-state index < -0.39 is 18.0 Å². The van der Waals surface area contributed by atoms with Crippen LogP contribution in [-0.2, 0) is 14.3 Å². The summed E-state index contributed by atoms with van der Waals surface area (Å²) in [7, 11) is 0. The Morgan fingerprint density at radius 3 is 2.55 bits per heavy atom. The van der Waals surface area contributed by atoms with Gasteiger partial charge in [-0.25, -0.2) is 9.59 Å². The van der Waals surface area contributed by atoms with Crippen LogP contribution < -0.4 is 5.32 Å². The molecule has 1 fully saturated rings. The van der Waals surface area contributed by atoms with Crippen LogP contribution in [0.4, 0.5) is 11.4 Å². The van der Waals surface area contributed by atoms with E-state index in [0.717, 1.165) is 5.69 Å². The highest BCUT2D eigenvalue weighted by atomic mass is 16.6. The zero-order valence-corrected chi connectivity index (χ0v) is 11.8. The van der Waals surface area contributed by atoms with Gasteiger partial charge < -0.3 is 14.8 Å². The predicted octanol–water partition coefficient (Wildman–Crippen LogP) is 2.90. The van der Waals surface area contributed by atoms with Crippen LogP contribution >= 0.6 is 0 Å². The number of ether oxygens (including phenoxy) is 2. The third-order valence-corrected chi connectivity index (χ3v) is 3.34. The van der Waals surface area contributed by atoms with Crippen LogP contribution in [0.2, 0.25) is 0 Å². The van der Waals surface area contributed by atoms with Crippen molar-refractivity contribution in [2.24, 2.45) is 0 Å². The molecule has 3 rings (SSSR count). The summed E-state index contributed by atoms with van der Waals surface area (Å²) < 4.78 is 10.0. The Hall–Kier alpha value is -2.82. The second-order valence-electron chi connectivity index (χ2n) is 4.89. The standard InChI is InChI=1S/C17H15NO4/c19-16(22-15-10-11-21-17(15)20)13-8-4-5-9-14(13)18-12-6-2-1-3-7-12/h1-9,15,18H,10-11H2/t15-/m1/s1. The highest BCUT2D eigenvalue weighted by Gasteiger charge is 2.31. The second kappa shape index (κ2) is 6.30. The van der Waals surface area contributed by atoms with Crippen LogP contribution in [0.25, 0.3) is 0 Å². The Morgan fingerprint density at radius 1 is 1.09 bits per heavy atom. The van der Waals surface area contributed by atoms with Crippen molar-refractivity contribution in [2.45, 2.75) is 12.5 Å². The Kier molecular flexibility index (Phi) is 4.05. The molecule has 1 saturated heterocycles. The van der Waals surface area contributed by atoms with Gasteiger partial charge in [0.25, 0.3) is 0 Å². The van der Waals surface area contributed by atoms with Gasteiger partial charge in [0.05, 0.1) is 17.9 Å². The van der Waals surface area contributed by atoms with E-state index in [4.69, 9.17) is 9.47 Å². The van der Waals surface area contributed by atoms with Crippen LogP contribution in [0, 0.1) is 0 Å². The lowest BCUT2D eigenvalue weighted by Crippen LogP contribution is -2.23. The Morgan fingerprint density at radius 2 is 1.82 bits per heavy atom. The van der Waals surface area contributed by atoms with Gasteiger partial charge in [-0.05, 0) is 24.3 Å². The smallest absolute Gasteiger partial charge is 0.347 e. The zero-order chi connectivity index (χ0) is 15.4. The molecule has 5 nitrogen and oxygen atoms in total. The van der Waals surface area contributed by atoms with E-state index >= 15 is 0 Å². The van der Waals surface area contributed by atoms with E-state index in [-0.39, 0.29) is 0 Å². The largest absolute Gasteiger partial charge is 0.463 e. The summed E-state index contributed by atoms with van der Waals surface area (Å²) in [6.45, 7) is 0.292. The monoisotopic (exact) mass is 297 g/mol. The summed E-state index contributed by atoms with van der Waals surface area (Å²) in [5.41, 5.74) is 1.87. The van der Waals surface area contributed by atoms with Crippen molar-refractivity contribution in [3.8, 4) is 0 Å². The first-order chi connectivity index (χ1) is 10.7. The second-order valence-corrected chi connectivity index (χ2v) is 4.89. The number of carbonyl (C=O) groups is 2. The minimum absolute atomic E-state index is 0.292. The van der Waals surface area contributed by atoms with Crippen molar-refractivity contribution in [3.05, 3.63) is 60.2 Å². The average molecular weight is 297 g/mol. The van der Waals surface area contributed by atoms with Crippen LogP contribution in [-0.4, -0.2) is 24.6 Å². The molecule has 0 amide bonds. The van der Waals surface area contributed by atoms with Gasteiger partial charge in [0, 0.05) is 12.1 Å².